The van der Waals surface area contributed by atoms with Crippen LogP contribution in [0.4, 0.5) is 10.5 Å². The lowest BCUT2D eigenvalue weighted by molar-refractivity contribution is 0.256. The molecule has 0 aliphatic heterocycles. The molecule has 0 heterocycles. The number of halogens is 2. The number of benzene rings is 1. The highest BCUT2D eigenvalue weighted by atomic mass is 79.9. The highest BCUT2D eigenvalue weighted by molar-refractivity contribution is 9.10. The zero-order chi connectivity index (χ0) is 11.4. The predicted octanol–water partition coefficient (Wildman–Crippen LogP) is 2.12. The fourth-order valence-electron chi connectivity index (χ4n) is 0.869. The minimum Gasteiger partial charge on any atom is -0.370 e. The molecule has 0 atom stereocenters. The lowest BCUT2D eigenvalue weighted by Gasteiger charge is -2.07. The fourth-order valence-corrected chi connectivity index (χ4v) is 1.40. The number of amides is 2. The molecule has 15 heavy (non-hydrogen) atoms. The monoisotopic (exact) mass is 290 g/mol. The predicted molar refractivity (Wildman–Crippen MR) is 63.2 cm³/mol. The lowest BCUT2D eigenvalue weighted by atomic mass is 10.3. The molecule has 0 bridgehead atoms. The molecule has 0 saturated carbocycles. The van der Waals surface area contributed by atoms with Gasteiger partial charge in [-0.15, -0.1) is 0 Å². The second-order valence-corrected chi connectivity index (χ2v) is 3.94. The minimum absolute atomic E-state index is 0.400. The first kappa shape index (κ1) is 11.8. The Balaban J connectivity index is 2.76. The van der Waals surface area contributed by atoms with E-state index in [4.69, 9.17) is 22.7 Å². The van der Waals surface area contributed by atoms with Crippen LogP contribution in [0.15, 0.2) is 22.7 Å². The first-order chi connectivity index (χ1) is 6.99. The number of hydrogen-bond acceptors (Lipinski definition) is 2. The van der Waals surface area contributed by atoms with Crippen molar-refractivity contribution in [1.29, 1.82) is 5.41 Å². The summed E-state index contributed by atoms with van der Waals surface area (Å²) < 4.78 is 0.782. The Kier molecular flexibility index (Phi) is 3.93. The van der Waals surface area contributed by atoms with Crippen molar-refractivity contribution in [2.45, 2.75) is 0 Å². The maximum Gasteiger partial charge on any atom is 0.326 e. The average molecular weight is 292 g/mol. The highest BCUT2D eigenvalue weighted by Gasteiger charge is 2.06. The molecule has 0 radical (unpaired) electrons. The molecule has 1 aromatic rings. The van der Waals surface area contributed by atoms with Gasteiger partial charge in [0.2, 0.25) is 0 Å². The Labute approximate surface area is 99.6 Å². The average Bonchev–Trinajstić information content (AvgIpc) is 2.10. The number of nitrogens with one attached hydrogen (secondary N) is 3. The molecular formula is C8H8BrClN4O. The van der Waals surface area contributed by atoms with Crippen LogP contribution in [0.3, 0.4) is 0 Å². The highest BCUT2D eigenvalue weighted by Crippen LogP contribution is 2.25. The topological polar surface area (TPSA) is 91.0 Å². The molecule has 0 fully saturated rings. The van der Waals surface area contributed by atoms with E-state index in [2.05, 4.69) is 26.6 Å². The standard InChI is InChI=1S/C8H8BrClN4O/c9-4-1-2-5(10)6(3-4)13-8(15)14-7(11)12/h1-3H,(H5,11,12,13,14,15). The Morgan fingerprint density at radius 2 is 2.20 bits per heavy atom. The Bertz CT molecular complexity index is 410. The van der Waals surface area contributed by atoms with Gasteiger partial charge in [0.25, 0.3) is 0 Å². The Morgan fingerprint density at radius 1 is 1.53 bits per heavy atom. The molecule has 1 aromatic carbocycles. The van der Waals surface area contributed by atoms with Crippen LogP contribution in [0.1, 0.15) is 0 Å². The van der Waals surface area contributed by atoms with E-state index < -0.39 is 12.0 Å². The molecular weight excluding hydrogens is 283 g/mol. The summed E-state index contributed by atoms with van der Waals surface area (Å²) in [6, 6.07) is 4.41. The van der Waals surface area contributed by atoms with Gasteiger partial charge >= 0.3 is 6.03 Å². The molecule has 2 amide bonds. The molecule has 7 heteroatoms. The molecule has 1 rings (SSSR count). The van der Waals surface area contributed by atoms with Crippen LogP contribution in [0.25, 0.3) is 0 Å². The van der Waals surface area contributed by atoms with Crippen LogP contribution in [-0.4, -0.2) is 12.0 Å². The van der Waals surface area contributed by atoms with Crippen LogP contribution >= 0.6 is 27.5 Å². The second-order valence-electron chi connectivity index (χ2n) is 2.62. The maximum atomic E-state index is 11.2. The summed E-state index contributed by atoms with van der Waals surface area (Å²) in [6.07, 6.45) is 0. The van der Waals surface area contributed by atoms with Crippen LogP contribution in [0, 0.1) is 5.41 Å². The van der Waals surface area contributed by atoms with E-state index in [0.29, 0.717) is 10.7 Å². The van der Waals surface area contributed by atoms with Gasteiger partial charge in [0.15, 0.2) is 5.96 Å². The van der Waals surface area contributed by atoms with Crippen molar-refractivity contribution < 1.29 is 4.79 Å². The summed E-state index contributed by atoms with van der Waals surface area (Å²) in [4.78, 5) is 11.2. The van der Waals surface area contributed by atoms with E-state index in [1.54, 1.807) is 18.2 Å². The number of carbonyl (C=O) groups excluding carboxylic acids is 1. The zero-order valence-corrected chi connectivity index (χ0v) is 9.82. The molecule has 5 nitrogen and oxygen atoms in total. The van der Waals surface area contributed by atoms with E-state index in [-0.39, 0.29) is 0 Å². The second kappa shape index (κ2) is 4.99. The maximum absolute atomic E-state index is 11.2. The van der Waals surface area contributed by atoms with Crippen molar-refractivity contribution >= 4 is 45.2 Å². The third-order valence-electron chi connectivity index (χ3n) is 1.42. The molecule has 0 saturated heterocycles. The number of nitrogens with two attached hydrogens (primary N) is 1. The molecule has 0 aliphatic rings. The van der Waals surface area contributed by atoms with Gasteiger partial charge in [0.05, 0.1) is 10.7 Å². The normalized spacial score (nSPS) is 9.47. The van der Waals surface area contributed by atoms with Crippen LogP contribution in [0.5, 0.6) is 0 Å². The van der Waals surface area contributed by atoms with Gasteiger partial charge in [-0.3, -0.25) is 10.7 Å². The summed E-state index contributed by atoms with van der Waals surface area (Å²) in [7, 11) is 0. The quantitative estimate of drug-likeness (QED) is 0.471. The number of urea groups is 1. The van der Waals surface area contributed by atoms with E-state index in [1.165, 1.54) is 0 Å². The first-order valence-electron chi connectivity index (χ1n) is 3.86. The van der Waals surface area contributed by atoms with Gasteiger partial charge < -0.3 is 11.1 Å². The molecule has 0 spiro atoms. The lowest BCUT2D eigenvalue weighted by Crippen LogP contribution is -2.38. The van der Waals surface area contributed by atoms with Crippen molar-refractivity contribution in [3.8, 4) is 0 Å². The van der Waals surface area contributed by atoms with E-state index in [0.717, 1.165) is 4.47 Å². The minimum atomic E-state index is -0.609. The zero-order valence-electron chi connectivity index (χ0n) is 7.47. The van der Waals surface area contributed by atoms with E-state index in [9.17, 15) is 4.79 Å². The summed E-state index contributed by atoms with van der Waals surface area (Å²) in [6.45, 7) is 0. The number of carbonyl (C=O) groups is 1. The smallest absolute Gasteiger partial charge is 0.326 e. The number of anilines is 1. The van der Waals surface area contributed by atoms with Crippen molar-refractivity contribution in [3.63, 3.8) is 0 Å². The van der Waals surface area contributed by atoms with Gasteiger partial charge in [0.1, 0.15) is 0 Å². The van der Waals surface area contributed by atoms with Crippen molar-refractivity contribution in [2.24, 2.45) is 5.73 Å². The van der Waals surface area contributed by atoms with Gasteiger partial charge in [0, 0.05) is 4.47 Å². The molecule has 0 aliphatic carbocycles. The van der Waals surface area contributed by atoms with Crippen molar-refractivity contribution in [2.75, 3.05) is 5.32 Å². The molecule has 0 aromatic heterocycles. The largest absolute Gasteiger partial charge is 0.370 e. The fraction of sp³-hybridized carbons (Fsp3) is 0. The van der Waals surface area contributed by atoms with Crippen LogP contribution < -0.4 is 16.4 Å². The summed E-state index contributed by atoms with van der Waals surface area (Å²) in [5.74, 6) is -0.432. The number of rotatable bonds is 1. The summed E-state index contributed by atoms with van der Waals surface area (Å²) >= 11 is 9.07. The van der Waals surface area contributed by atoms with Gasteiger partial charge in [-0.2, -0.15) is 0 Å². The van der Waals surface area contributed by atoms with Gasteiger partial charge in [-0.25, -0.2) is 4.79 Å². The number of guanidine groups is 1. The van der Waals surface area contributed by atoms with E-state index in [1.807, 2.05) is 0 Å². The Morgan fingerprint density at radius 3 is 2.80 bits per heavy atom. The number of hydrogen-bond donors (Lipinski definition) is 4. The van der Waals surface area contributed by atoms with Crippen LogP contribution in [0.2, 0.25) is 5.02 Å². The third-order valence-corrected chi connectivity index (χ3v) is 2.25. The molecule has 0 unspecified atom stereocenters. The van der Waals surface area contributed by atoms with Gasteiger partial charge in [-0.05, 0) is 18.2 Å². The summed E-state index contributed by atoms with van der Waals surface area (Å²) in [5, 5.41) is 11.8. The van der Waals surface area contributed by atoms with Crippen molar-refractivity contribution in [3.05, 3.63) is 27.7 Å². The third kappa shape index (κ3) is 3.77. The molecule has 5 N–H and O–H groups in total. The molecule has 80 valence electrons. The van der Waals surface area contributed by atoms with Crippen LogP contribution in [-0.2, 0) is 0 Å². The van der Waals surface area contributed by atoms with E-state index >= 15 is 0 Å². The van der Waals surface area contributed by atoms with Crippen molar-refractivity contribution in [1.82, 2.24) is 5.32 Å². The SMILES string of the molecule is N=C(N)NC(=O)Nc1cc(Br)ccc1Cl. The Hall–Kier alpha value is -1.27. The summed E-state index contributed by atoms with van der Waals surface area (Å²) in [5.41, 5.74) is 5.42. The first-order valence-corrected chi connectivity index (χ1v) is 5.03. The van der Waals surface area contributed by atoms with Gasteiger partial charge in [-0.1, -0.05) is 27.5 Å².